The first-order valence-corrected chi connectivity index (χ1v) is 8.54. The van der Waals surface area contributed by atoms with Crippen LogP contribution in [0.25, 0.3) is 11.0 Å². The monoisotopic (exact) mass is 323 g/mol. The van der Waals surface area contributed by atoms with Crippen molar-refractivity contribution in [1.29, 1.82) is 0 Å². The van der Waals surface area contributed by atoms with Crippen LogP contribution in [0.2, 0.25) is 0 Å². The molecule has 6 heteroatoms. The predicted octanol–water partition coefficient (Wildman–Crippen LogP) is 4.06. The highest BCUT2D eigenvalue weighted by molar-refractivity contribution is 5.81. The van der Waals surface area contributed by atoms with Gasteiger partial charge in [-0.2, -0.15) is 15.1 Å². The van der Waals surface area contributed by atoms with E-state index in [0.717, 1.165) is 11.1 Å². The number of benzene rings is 1. The zero-order valence-corrected chi connectivity index (χ0v) is 13.5. The van der Waals surface area contributed by atoms with Gasteiger partial charge in [0, 0.05) is 5.69 Å². The van der Waals surface area contributed by atoms with E-state index in [9.17, 15) is 0 Å². The summed E-state index contributed by atoms with van der Waals surface area (Å²) in [5, 5.41) is 11.0. The summed E-state index contributed by atoms with van der Waals surface area (Å²) in [5.74, 6) is 1.73. The van der Waals surface area contributed by atoms with Gasteiger partial charge in [-0.25, -0.2) is 0 Å². The van der Waals surface area contributed by atoms with Crippen molar-refractivity contribution < 1.29 is 4.74 Å². The molecule has 124 valence electrons. The summed E-state index contributed by atoms with van der Waals surface area (Å²) in [4.78, 5) is 9.01. The fourth-order valence-electron chi connectivity index (χ4n) is 3.18. The summed E-state index contributed by atoms with van der Waals surface area (Å²) in [5.41, 5.74) is 1.62. The van der Waals surface area contributed by atoms with Gasteiger partial charge in [-0.15, -0.1) is 0 Å². The molecule has 0 saturated heterocycles. The van der Waals surface area contributed by atoms with E-state index in [-0.39, 0.29) is 0 Å². The highest BCUT2D eigenvalue weighted by Crippen LogP contribution is 2.27. The molecule has 1 aliphatic rings. The molecule has 0 atom stereocenters. The number of rotatable bonds is 5. The Hall–Kier alpha value is -2.63. The molecule has 1 aliphatic carbocycles. The number of anilines is 2. The summed E-state index contributed by atoms with van der Waals surface area (Å²) >= 11 is 0. The zero-order chi connectivity index (χ0) is 16.2. The van der Waals surface area contributed by atoms with E-state index in [2.05, 4.69) is 25.5 Å². The first-order chi connectivity index (χ1) is 11.9. The van der Waals surface area contributed by atoms with Crippen molar-refractivity contribution in [2.24, 2.45) is 5.92 Å². The van der Waals surface area contributed by atoms with Gasteiger partial charge in [-0.3, -0.25) is 5.10 Å². The van der Waals surface area contributed by atoms with Gasteiger partial charge in [0.25, 0.3) is 0 Å². The van der Waals surface area contributed by atoms with Gasteiger partial charge >= 0.3 is 0 Å². The van der Waals surface area contributed by atoms with E-state index in [0.29, 0.717) is 30.0 Å². The quantitative estimate of drug-likeness (QED) is 0.740. The Bertz CT molecular complexity index is 796. The number of H-pyrrole nitrogens is 1. The lowest BCUT2D eigenvalue weighted by Crippen LogP contribution is -2.16. The minimum atomic E-state index is 0.511. The van der Waals surface area contributed by atoms with Crippen molar-refractivity contribution in [2.75, 3.05) is 11.9 Å². The Labute approximate surface area is 140 Å². The van der Waals surface area contributed by atoms with Crippen LogP contribution in [-0.4, -0.2) is 26.8 Å². The number of ether oxygens (including phenoxy) is 1. The second-order valence-corrected chi connectivity index (χ2v) is 6.29. The molecule has 0 amide bonds. The van der Waals surface area contributed by atoms with Gasteiger partial charge in [0.05, 0.1) is 12.8 Å². The minimum absolute atomic E-state index is 0.511. The smallest absolute Gasteiger partial charge is 0.232 e. The minimum Gasteiger partial charge on any atom is -0.477 e. The molecule has 0 unspecified atom stereocenters. The highest BCUT2D eigenvalue weighted by Gasteiger charge is 2.16. The van der Waals surface area contributed by atoms with Gasteiger partial charge in [0.15, 0.2) is 5.65 Å². The second-order valence-electron chi connectivity index (χ2n) is 6.29. The number of aromatic amines is 1. The maximum Gasteiger partial charge on any atom is 0.232 e. The molecule has 6 nitrogen and oxygen atoms in total. The lowest BCUT2D eigenvalue weighted by molar-refractivity contribution is 0.205. The topological polar surface area (TPSA) is 75.7 Å². The van der Waals surface area contributed by atoms with Gasteiger partial charge in [-0.1, -0.05) is 37.5 Å². The van der Waals surface area contributed by atoms with Crippen molar-refractivity contribution >= 4 is 22.7 Å². The van der Waals surface area contributed by atoms with Crippen LogP contribution >= 0.6 is 0 Å². The molecule has 2 heterocycles. The lowest BCUT2D eigenvalue weighted by Gasteiger charge is -2.21. The Morgan fingerprint density at radius 3 is 2.75 bits per heavy atom. The molecule has 0 spiro atoms. The Morgan fingerprint density at radius 2 is 1.92 bits per heavy atom. The van der Waals surface area contributed by atoms with E-state index in [1.54, 1.807) is 6.20 Å². The van der Waals surface area contributed by atoms with Crippen LogP contribution in [0.15, 0.2) is 36.5 Å². The molecule has 4 rings (SSSR count). The predicted molar refractivity (Wildman–Crippen MR) is 93.5 cm³/mol. The molecule has 0 bridgehead atoms. The second kappa shape index (κ2) is 6.86. The third-order valence-corrected chi connectivity index (χ3v) is 4.49. The van der Waals surface area contributed by atoms with Crippen molar-refractivity contribution in [3.8, 4) is 5.88 Å². The lowest BCUT2D eigenvalue weighted by atomic mass is 9.90. The standard InChI is InChI=1S/C18H21N5O/c1-3-7-13(8-4-1)12-24-17-15-11-19-23-16(15)21-18(22-17)20-14-9-5-2-6-10-14/h2,5-6,9-11,13H,1,3-4,7-8,12H2,(H2,19,20,21,22,23). The molecule has 1 fully saturated rings. The van der Waals surface area contributed by atoms with Gasteiger partial charge < -0.3 is 10.1 Å². The molecular weight excluding hydrogens is 302 g/mol. The van der Waals surface area contributed by atoms with Crippen LogP contribution < -0.4 is 10.1 Å². The third kappa shape index (κ3) is 3.32. The van der Waals surface area contributed by atoms with E-state index >= 15 is 0 Å². The van der Waals surface area contributed by atoms with E-state index in [1.165, 1.54) is 32.1 Å². The van der Waals surface area contributed by atoms with Gasteiger partial charge in [0.1, 0.15) is 5.39 Å². The molecule has 0 radical (unpaired) electrons. The van der Waals surface area contributed by atoms with Crippen molar-refractivity contribution in [3.05, 3.63) is 36.5 Å². The number of fused-ring (bicyclic) bond motifs is 1. The van der Waals surface area contributed by atoms with E-state index in [4.69, 9.17) is 4.74 Å². The SMILES string of the molecule is c1ccc(Nc2nc(OCC3CCCCC3)c3cn[nH]c3n2)cc1. The van der Waals surface area contributed by atoms with Crippen LogP contribution in [-0.2, 0) is 0 Å². The van der Waals surface area contributed by atoms with Crippen molar-refractivity contribution in [1.82, 2.24) is 20.2 Å². The normalized spacial score (nSPS) is 15.5. The Kier molecular flexibility index (Phi) is 4.27. The average Bonchev–Trinajstić information content (AvgIpc) is 3.10. The Morgan fingerprint density at radius 1 is 1.08 bits per heavy atom. The van der Waals surface area contributed by atoms with Crippen LogP contribution in [0.4, 0.5) is 11.6 Å². The molecule has 1 aromatic carbocycles. The molecule has 1 saturated carbocycles. The number of nitrogens with zero attached hydrogens (tertiary/aromatic N) is 3. The molecule has 2 aromatic heterocycles. The number of para-hydroxylation sites is 1. The Balaban J connectivity index is 1.55. The average molecular weight is 323 g/mol. The van der Waals surface area contributed by atoms with Gasteiger partial charge in [0.2, 0.25) is 11.8 Å². The molecule has 2 N–H and O–H groups in total. The summed E-state index contributed by atoms with van der Waals surface area (Å²) in [6.07, 6.45) is 8.17. The molecule has 24 heavy (non-hydrogen) atoms. The van der Waals surface area contributed by atoms with Crippen LogP contribution in [0, 0.1) is 5.92 Å². The van der Waals surface area contributed by atoms with E-state index in [1.807, 2.05) is 30.3 Å². The number of hydrogen-bond donors (Lipinski definition) is 2. The highest BCUT2D eigenvalue weighted by atomic mass is 16.5. The largest absolute Gasteiger partial charge is 0.477 e. The van der Waals surface area contributed by atoms with Gasteiger partial charge in [-0.05, 0) is 30.9 Å². The third-order valence-electron chi connectivity index (χ3n) is 4.49. The fraction of sp³-hybridized carbons (Fsp3) is 0.389. The summed E-state index contributed by atoms with van der Waals surface area (Å²) in [6.45, 7) is 0.710. The first-order valence-electron chi connectivity index (χ1n) is 8.54. The number of hydrogen-bond acceptors (Lipinski definition) is 5. The maximum atomic E-state index is 6.04. The summed E-state index contributed by atoms with van der Waals surface area (Å²) in [7, 11) is 0. The van der Waals surface area contributed by atoms with E-state index < -0.39 is 0 Å². The first kappa shape index (κ1) is 14.9. The van der Waals surface area contributed by atoms with Crippen molar-refractivity contribution in [3.63, 3.8) is 0 Å². The molecular formula is C18H21N5O. The van der Waals surface area contributed by atoms with Crippen LogP contribution in [0.5, 0.6) is 5.88 Å². The number of nitrogens with one attached hydrogen (secondary N) is 2. The molecule has 3 aromatic rings. The van der Waals surface area contributed by atoms with Crippen LogP contribution in [0.1, 0.15) is 32.1 Å². The van der Waals surface area contributed by atoms with Crippen molar-refractivity contribution in [2.45, 2.75) is 32.1 Å². The maximum absolute atomic E-state index is 6.04. The molecule has 0 aliphatic heterocycles. The zero-order valence-electron chi connectivity index (χ0n) is 13.5. The summed E-state index contributed by atoms with van der Waals surface area (Å²) < 4.78 is 6.04. The number of aromatic nitrogens is 4. The van der Waals surface area contributed by atoms with Crippen LogP contribution in [0.3, 0.4) is 0 Å². The fourth-order valence-corrected chi connectivity index (χ4v) is 3.18. The summed E-state index contributed by atoms with van der Waals surface area (Å²) in [6, 6.07) is 9.87.